The highest BCUT2D eigenvalue weighted by Crippen LogP contribution is 2.35. The van der Waals surface area contributed by atoms with E-state index in [-0.39, 0.29) is 16.4 Å². The number of halogens is 4. The van der Waals surface area contributed by atoms with Crippen molar-refractivity contribution in [1.82, 2.24) is 15.0 Å². The molecule has 0 bridgehead atoms. The van der Waals surface area contributed by atoms with Crippen LogP contribution in [0.5, 0.6) is 0 Å². The molecule has 0 aliphatic rings. The van der Waals surface area contributed by atoms with E-state index in [1.807, 2.05) is 6.07 Å². The van der Waals surface area contributed by atoms with Crippen LogP contribution >= 0.6 is 11.6 Å². The molecule has 1 N–H and O–H groups in total. The van der Waals surface area contributed by atoms with Gasteiger partial charge in [-0.15, -0.1) is 0 Å². The minimum Gasteiger partial charge on any atom is -0.338 e. The molecule has 0 spiro atoms. The minimum absolute atomic E-state index is 0.195. The topological polar surface area (TPSA) is 41.6 Å². The molecule has 112 valence electrons. The highest BCUT2D eigenvalue weighted by molar-refractivity contribution is 6.33. The van der Waals surface area contributed by atoms with E-state index in [1.54, 1.807) is 18.5 Å². The first-order chi connectivity index (χ1) is 10.4. The third kappa shape index (κ3) is 2.82. The fourth-order valence-electron chi connectivity index (χ4n) is 2.01. The van der Waals surface area contributed by atoms with Gasteiger partial charge in [0, 0.05) is 23.5 Å². The van der Waals surface area contributed by atoms with Crippen LogP contribution in [0, 0.1) is 0 Å². The van der Waals surface area contributed by atoms with E-state index in [1.165, 1.54) is 12.3 Å². The lowest BCUT2D eigenvalue weighted by Gasteiger charge is -2.09. The first-order valence-corrected chi connectivity index (χ1v) is 6.65. The van der Waals surface area contributed by atoms with Crippen molar-refractivity contribution in [3.8, 4) is 22.6 Å². The molecular formula is C15H9ClF3N3. The molecule has 3 aromatic rings. The monoisotopic (exact) mass is 323 g/mol. The van der Waals surface area contributed by atoms with Crippen LogP contribution in [0.25, 0.3) is 22.6 Å². The fraction of sp³-hybridized carbons (Fsp3) is 0.0667. The summed E-state index contributed by atoms with van der Waals surface area (Å²) in [6.07, 6.45) is 0.358. The maximum absolute atomic E-state index is 12.8. The van der Waals surface area contributed by atoms with Gasteiger partial charge >= 0.3 is 6.18 Å². The zero-order valence-corrected chi connectivity index (χ0v) is 11.8. The van der Waals surface area contributed by atoms with Gasteiger partial charge in [0.1, 0.15) is 5.82 Å². The van der Waals surface area contributed by atoms with Crippen molar-refractivity contribution in [1.29, 1.82) is 0 Å². The van der Waals surface area contributed by atoms with E-state index in [9.17, 15) is 13.2 Å². The third-order valence-corrected chi connectivity index (χ3v) is 3.43. The molecule has 0 aliphatic heterocycles. The van der Waals surface area contributed by atoms with Gasteiger partial charge < -0.3 is 4.98 Å². The molecule has 3 nitrogen and oxygen atoms in total. The molecule has 2 heterocycles. The van der Waals surface area contributed by atoms with Crippen molar-refractivity contribution >= 4 is 11.6 Å². The number of H-pyrrole nitrogens is 1. The number of hydrogen-bond donors (Lipinski definition) is 1. The summed E-state index contributed by atoms with van der Waals surface area (Å²) in [6, 6.07) is 6.71. The molecule has 0 saturated carbocycles. The van der Waals surface area contributed by atoms with Gasteiger partial charge in [-0.2, -0.15) is 13.2 Å². The molecule has 0 amide bonds. The molecule has 2 aromatic heterocycles. The lowest BCUT2D eigenvalue weighted by molar-refractivity contribution is -0.137. The van der Waals surface area contributed by atoms with Crippen molar-refractivity contribution in [3.05, 3.63) is 59.5 Å². The van der Waals surface area contributed by atoms with Gasteiger partial charge in [0.15, 0.2) is 0 Å². The number of rotatable bonds is 2. The van der Waals surface area contributed by atoms with E-state index in [2.05, 4.69) is 15.0 Å². The van der Waals surface area contributed by atoms with Crippen LogP contribution in [-0.2, 0) is 6.18 Å². The summed E-state index contributed by atoms with van der Waals surface area (Å²) < 4.78 is 38.4. The van der Waals surface area contributed by atoms with Crippen LogP contribution in [0.2, 0.25) is 5.02 Å². The third-order valence-electron chi connectivity index (χ3n) is 3.10. The van der Waals surface area contributed by atoms with E-state index in [4.69, 9.17) is 11.6 Å². The van der Waals surface area contributed by atoms with Gasteiger partial charge in [-0.05, 0) is 30.3 Å². The summed E-state index contributed by atoms with van der Waals surface area (Å²) in [5.41, 5.74) is 0.860. The van der Waals surface area contributed by atoms with Crippen molar-refractivity contribution in [2.75, 3.05) is 0 Å². The maximum atomic E-state index is 12.8. The zero-order valence-electron chi connectivity index (χ0n) is 11.0. The number of alkyl halides is 3. The Bertz CT molecular complexity index is 797. The van der Waals surface area contributed by atoms with E-state index in [0.29, 0.717) is 5.69 Å². The summed E-state index contributed by atoms with van der Waals surface area (Å²) in [6.45, 7) is 0. The molecule has 0 unspecified atom stereocenters. The molecular weight excluding hydrogens is 315 g/mol. The molecule has 1 aromatic carbocycles. The van der Waals surface area contributed by atoms with Crippen molar-refractivity contribution in [2.45, 2.75) is 6.18 Å². The van der Waals surface area contributed by atoms with Crippen LogP contribution < -0.4 is 0 Å². The summed E-state index contributed by atoms with van der Waals surface area (Å²) in [5.74, 6) is 0.273. The van der Waals surface area contributed by atoms with Crippen LogP contribution in [0.4, 0.5) is 13.2 Å². The lowest BCUT2D eigenvalue weighted by atomic mass is 10.1. The predicted molar refractivity (Wildman–Crippen MR) is 77.3 cm³/mol. The summed E-state index contributed by atoms with van der Waals surface area (Å²) >= 11 is 6.00. The van der Waals surface area contributed by atoms with Crippen molar-refractivity contribution < 1.29 is 13.2 Å². The average Bonchev–Trinajstić information content (AvgIpc) is 2.97. The summed E-state index contributed by atoms with van der Waals surface area (Å²) in [5, 5.41) is 0.195. The Labute approximate surface area is 128 Å². The van der Waals surface area contributed by atoms with Crippen molar-refractivity contribution in [2.24, 2.45) is 0 Å². The van der Waals surface area contributed by atoms with Gasteiger partial charge in [-0.1, -0.05) is 11.6 Å². The highest BCUT2D eigenvalue weighted by atomic mass is 35.5. The Morgan fingerprint density at radius 2 is 1.91 bits per heavy atom. The smallest absolute Gasteiger partial charge is 0.338 e. The molecule has 3 rings (SSSR count). The normalized spacial score (nSPS) is 11.6. The predicted octanol–water partition coefficient (Wildman–Crippen LogP) is 4.81. The SMILES string of the molecule is FC(F)(F)c1ccc(Cl)c(-c2ncc(-c3cccnc3)[nH]2)c1. The molecule has 0 saturated heterocycles. The van der Waals surface area contributed by atoms with Crippen LogP contribution in [-0.4, -0.2) is 15.0 Å². The van der Waals surface area contributed by atoms with E-state index < -0.39 is 11.7 Å². The Morgan fingerprint density at radius 1 is 1.09 bits per heavy atom. The number of benzene rings is 1. The number of pyridine rings is 1. The van der Waals surface area contributed by atoms with Crippen LogP contribution in [0.15, 0.2) is 48.9 Å². The number of aromatic nitrogens is 3. The zero-order chi connectivity index (χ0) is 15.7. The lowest BCUT2D eigenvalue weighted by Crippen LogP contribution is -2.04. The molecule has 0 radical (unpaired) electrons. The Morgan fingerprint density at radius 3 is 2.59 bits per heavy atom. The number of nitrogens with zero attached hydrogens (tertiary/aromatic N) is 2. The standard InChI is InChI=1S/C15H9ClF3N3/c16-12-4-3-10(15(17,18)19)6-11(12)14-21-8-13(22-14)9-2-1-5-20-7-9/h1-8H,(H,21,22). The van der Waals surface area contributed by atoms with Gasteiger partial charge in [0.25, 0.3) is 0 Å². The van der Waals surface area contributed by atoms with Gasteiger partial charge in [-0.25, -0.2) is 4.98 Å². The number of imidazole rings is 1. The van der Waals surface area contributed by atoms with Crippen molar-refractivity contribution in [3.63, 3.8) is 0 Å². The molecule has 7 heteroatoms. The number of hydrogen-bond acceptors (Lipinski definition) is 2. The van der Waals surface area contributed by atoms with Crippen LogP contribution in [0.3, 0.4) is 0 Å². The summed E-state index contributed by atoms with van der Waals surface area (Å²) in [4.78, 5) is 11.1. The first kappa shape index (κ1) is 14.6. The van der Waals surface area contributed by atoms with E-state index in [0.717, 1.165) is 17.7 Å². The second-order valence-corrected chi connectivity index (χ2v) is 4.99. The fourth-order valence-corrected chi connectivity index (χ4v) is 2.22. The highest BCUT2D eigenvalue weighted by Gasteiger charge is 2.31. The second-order valence-electron chi connectivity index (χ2n) is 4.58. The van der Waals surface area contributed by atoms with Gasteiger partial charge in [-0.3, -0.25) is 4.98 Å². The Balaban J connectivity index is 2.04. The number of nitrogens with one attached hydrogen (secondary N) is 1. The molecule has 0 atom stereocenters. The molecule has 0 fully saturated rings. The Kier molecular flexibility index (Phi) is 3.62. The first-order valence-electron chi connectivity index (χ1n) is 6.27. The largest absolute Gasteiger partial charge is 0.416 e. The van der Waals surface area contributed by atoms with Gasteiger partial charge in [0.2, 0.25) is 0 Å². The molecule has 0 aliphatic carbocycles. The van der Waals surface area contributed by atoms with Crippen LogP contribution in [0.1, 0.15) is 5.56 Å². The minimum atomic E-state index is -4.43. The second kappa shape index (κ2) is 5.46. The molecule has 22 heavy (non-hydrogen) atoms. The Hall–Kier alpha value is -2.34. The quantitative estimate of drug-likeness (QED) is 0.735. The average molecular weight is 324 g/mol. The summed E-state index contributed by atoms with van der Waals surface area (Å²) in [7, 11) is 0. The van der Waals surface area contributed by atoms with Gasteiger partial charge in [0.05, 0.1) is 22.5 Å². The number of aromatic amines is 1. The maximum Gasteiger partial charge on any atom is 0.416 e. The van der Waals surface area contributed by atoms with E-state index >= 15 is 0 Å².